The molecule has 0 saturated carbocycles. The van der Waals surface area contributed by atoms with Gasteiger partial charge in [0.1, 0.15) is 29.0 Å². The maximum atomic E-state index is 13.4. The van der Waals surface area contributed by atoms with Crippen LogP contribution >= 0.6 is 22.9 Å². The van der Waals surface area contributed by atoms with Gasteiger partial charge in [-0.2, -0.15) is 19.6 Å². The Morgan fingerprint density at radius 3 is 2.67 bits per heavy atom. The van der Waals surface area contributed by atoms with Gasteiger partial charge < -0.3 is 20.1 Å². The molecule has 6 rings (SSSR count). The van der Waals surface area contributed by atoms with Crippen molar-refractivity contribution >= 4 is 33.8 Å². The highest BCUT2D eigenvalue weighted by Gasteiger charge is 2.40. The first-order chi connectivity index (χ1) is 21.6. The number of hydrogen-bond acceptors (Lipinski definition) is 11. The Hall–Kier alpha value is -3.60. The van der Waals surface area contributed by atoms with Crippen LogP contribution in [0, 0.1) is 11.3 Å². The lowest BCUT2D eigenvalue weighted by atomic mass is 9.71. The molecule has 3 aliphatic rings. The number of halogens is 1. The molecule has 45 heavy (non-hydrogen) atoms. The van der Waals surface area contributed by atoms with Crippen LogP contribution in [0.3, 0.4) is 0 Å². The molecule has 0 unspecified atom stereocenters. The quantitative estimate of drug-likeness (QED) is 0.315. The average Bonchev–Trinajstić information content (AvgIpc) is 3.76. The minimum absolute atomic E-state index is 0.102. The molecule has 0 spiro atoms. The summed E-state index contributed by atoms with van der Waals surface area (Å²) >= 11 is 2.90. The van der Waals surface area contributed by atoms with Crippen LogP contribution in [0.15, 0.2) is 24.5 Å². The van der Waals surface area contributed by atoms with Gasteiger partial charge in [0.15, 0.2) is 11.7 Å². The fourth-order valence-electron chi connectivity index (χ4n) is 6.94. The maximum absolute atomic E-state index is 13.4. The van der Waals surface area contributed by atoms with E-state index in [1.165, 1.54) is 32.6 Å². The number of anilines is 1. The van der Waals surface area contributed by atoms with E-state index in [1.807, 2.05) is 6.07 Å². The monoisotopic (exact) mass is 651 g/mol. The van der Waals surface area contributed by atoms with Crippen molar-refractivity contribution in [1.29, 1.82) is 5.26 Å². The summed E-state index contributed by atoms with van der Waals surface area (Å²) in [5, 5.41) is 10.5. The molecule has 0 radical (unpaired) electrons. The van der Waals surface area contributed by atoms with Gasteiger partial charge in [0.25, 0.3) is 5.91 Å². The second kappa shape index (κ2) is 12.7. The van der Waals surface area contributed by atoms with E-state index in [9.17, 15) is 14.4 Å². The van der Waals surface area contributed by atoms with Gasteiger partial charge in [-0.25, -0.2) is 4.39 Å². The molecule has 5 heterocycles. The Labute approximate surface area is 270 Å². The Bertz CT molecular complexity index is 1640. The van der Waals surface area contributed by atoms with Crippen LogP contribution in [0.1, 0.15) is 73.3 Å². The van der Waals surface area contributed by atoms with Gasteiger partial charge in [0.2, 0.25) is 11.8 Å². The molecular formula is C32H38FN7O3S2. The summed E-state index contributed by atoms with van der Waals surface area (Å²) in [7, 11) is 2.11. The van der Waals surface area contributed by atoms with Gasteiger partial charge in [-0.1, -0.05) is 13.5 Å². The molecule has 1 aliphatic carbocycles. The van der Waals surface area contributed by atoms with Crippen molar-refractivity contribution in [1.82, 2.24) is 24.1 Å². The molecule has 3 aromatic rings. The Balaban J connectivity index is 1.29. The summed E-state index contributed by atoms with van der Waals surface area (Å²) in [5.41, 5.74) is 8.06. The Morgan fingerprint density at radius 2 is 1.98 bits per heavy atom. The number of likely N-dealkylation sites (tertiary alicyclic amines) is 2. The van der Waals surface area contributed by atoms with Crippen LogP contribution in [-0.2, 0) is 16.6 Å². The number of fused-ring (bicyclic) bond motifs is 1. The summed E-state index contributed by atoms with van der Waals surface area (Å²) in [5.74, 6) is -0.472. The number of carbonyl (C=O) groups excluding carboxylic acids is 1. The minimum atomic E-state index is -0.953. The van der Waals surface area contributed by atoms with E-state index in [0.29, 0.717) is 59.8 Å². The number of ether oxygens (including phenoxy) is 2. The molecule has 2 fully saturated rings. The van der Waals surface area contributed by atoms with E-state index in [4.69, 9.17) is 29.5 Å². The standard InChI is InChI=1S/C32H38FN7O3S2/c1-18(33)31(41)40-13-9-20(10-14-40)43-27-16-26(42-19(2)23-7-6-12-39(23)4)36-30(37-27)22-15-25(45-38-22)32(3)11-5-8-24-28(32)21(17-34)29(35)44-24/h15-16,19-20,23H,1,5-14,35H2,2-4H3/t19-,23-,32+/m0/s1. The number of nitrogen functional groups attached to an aromatic ring is 1. The maximum Gasteiger partial charge on any atom is 0.281 e. The molecular weight excluding hydrogens is 614 g/mol. The molecule has 2 N–H and O–H groups in total. The van der Waals surface area contributed by atoms with Crippen LogP contribution < -0.4 is 15.2 Å². The Morgan fingerprint density at radius 1 is 1.22 bits per heavy atom. The van der Waals surface area contributed by atoms with E-state index in [0.717, 1.165) is 49.1 Å². The second-order valence-electron chi connectivity index (χ2n) is 12.4. The minimum Gasteiger partial charge on any atom is -0.474 e. The molecule has 0 bridgehead atoms. The topological polar surface area (TPSA) is 130 Å². The fraction of sp³-hybridized carbons (Fsp3) is 0.531. The summed E-state index contributed by atoms with van der Waals surface area (Å²) in [6.07, 6.45) is 5.72. The number of nitriles is 1. The van der Waals surface area contributed by atoms with E-state index in [1.54, 1.807) is 6.07 Å². The zero-order chi connectivity index (χ0) is 31.9. The highest BCUT2D eigenvalue weighted by Crippen LogP contribution is 2.50. The molecule has 3 atom stereocenters. The number of nitrogens with two attached hydrogens (primary N) is 1. The van der Waals surface area contributed by atoms with Gasteiger partial charge in [0, 0.05) is 47.1 Å². The SMILES string of the molecule is C=C(F)C(=O)N1CCC(Oc2cc(O[C@@H](C)[C@@H]3CCCN3C)nc(-c3cc([C@@]4(C)CCCc5sc(N)c(C#N)c54)sn3)n2)CC1. The van der Waals surface area contributed by atoms with Crippen LogP contribution in [0.25, 0.3) is 11.5 Å². The smallest absolute Gasteiger partial charge is 0.281 e. The first kappa shape index (κ1) is 31.4. The molecule has 2 aliphatic heterocycles. The lowest BCUT2D eigenvalue weighted by molar-refractivity contribution is -0.130. The van der Waals surface area contributed by atoms with E-state index >= 15 is 0 Å². The number of likely N-dealkylation sites (N-methyl/N-ethyl adjacent to an activating group) is 1. The van der Waals surface area contributed by atoms with Crippen molar-refractivity contribution < 1.29 is 18.7 Å². The number of carbonyl (C=O) groups is 1. The van der Waals surface area contributed by atoms with Crippen LogP contribution in [0.2, 0.25) is 0 Å². The van der Waals surface area contributed by atoms with Crippen molar-refractivity contribution in [3.63, 3.8) is 0 Å². The molecule has 238 valence electrons. The predicted octanol–water partition coefficient (Wildman–Crippen LogP) is 5.47. The molecule has 2 saturated heterocycles. The van der Waals surface area contributed by atoms with Crippen LogP contribution in [-0.4, -0.2) is 75.0 Å². The first-order valence-corrected chi connectivity index (χ1v) is 17.0. The molecule has 10 nitrogen and oxygen atoms in total. The second-order valence-corrected chi connectivity index (χ2v) is 14.4. The third kappa shape index (κ3) is 6.15. The largest absolute Gasteiger partial charge is 0.474 e. The molecule has 0 aromatic carbocycles. The zero-order valence-electron chi connectivity index (χ0n) is 25.8. The molecule has 13 heteroatoms. The van der Waals surface area contributed by atoms with E-state index < -0.39 is 17.1 Å². The van der Waals surface area contributed by atoms with E-state index in [2.05, 4.69) is 38.4 Å². The van der Waals surface area contributed by atoms with Crippen molar-refractivity contribution in [3.05, 3.63) is 45.4 Å². The lowest BCUT2D eigenvalue weighted by Gasteiger charge is -2.33. The summed E-state index contributed by atoms with van der Waals surface area (Å²) in [4.78, 5) is 27.5. The summed E-state index contributed by atoms with van der Waals surface area (Å²) in [6, 6.07) is 6.35. The lowest BCUT2D eigenvalue weighted by Crippen LogP contribution is -2.42. The summed E-state index contributed by atoms with van der Waals surface area (Å²) in [6.45, 7) is 9.12. The number of aromatic nitrogens is 3. The third-order valence-corrected chi connectivity index (χ3v) is 11.5. The van der Waals surface area contributed by atoms with Gasteiger partial charge in [-0.05, 0) is 75.8 Å². The van der Waals surface area contributed by atoms with Crippen molar-refractivity contribution in [2.45, 2.75) is 82.5 Å². The van der Waals surface area contributed by atoms with Crippen molar-refractivity contribution in [2.75, 3.05) is 32.4 Å². The molecule has 1 amide bonds. The highest BCUT2D eigenvalue weighted by atomic mass is 32.1. The van der Waals surface area contributed by atoms with Gasteiger partial charge in [-0.3, -0.25) is 9.69 Å². The van der Waals surface area contributed by atoms with Crippen LogP contribution in [0.5, 0.6) is 11.8 Å². The first-order valence-electron chi connectivity index (χ1n) is 15.4. The van der Waals surface area contributed by atoms with Gasteiger partial charge in [0.05, 0.1) is 11.6 Å². The summed E-state index contributed by atoms with van der Waals surface area (Å²) < 4.78 is 30.9. The van der Waals surface area contributed by atoms with Gasteiger partial charge in [-0.15, -0.1) is 11.3 Å². The zero-order valence-corrected chi connectivity index (χ0v) is 27.5. The fourth-order valence-corrected chi connectivity index (χ4v) is 9.03. The van der Waals surface area contributed by atoms with Gasteiger partial charge >= 0.3 is 0 Å². The van der Waals surface area contributed by atoms with Crippen LogP contribution in [0.4, 0.5) is 9.39 Å². The van der Waals surface area contributed by atoms with E-state index in [-0.39, 0.29) is 18.2 Å². The number of hydrogen-bond donors (Lipinski definition) is 1. The number of amides is 1. The average molecular weight is 652 g/mol. The predicted molar refractivity (Wildman–Crippen MR) is 172 cm³/mol. The molecule has 3 aromatic heterocycles. The Kier molecular flexibility index (Phi) is 8.83. The number of aryl methyl sites for hydroxylation is 1. The highest BCUT2D eigenvalue weighted by molar-refractivity contribution is 7.16. The number of piperidine rings is 1. The normalized spacial score (nSPS) is 22.9. The van der Waals surface area contributed by atoms with Crippen molar-refractivity contribution in [2.24, 2.45) is 0 Å². The third-order valence-electron chi connectivity index (χ3n) is 9.39. The van der Waals surface area contributed by atoms with Crippen molar-refractivity contribution in [3.8, 4) is 29.3 Å². The number of thiophene rings is 1. The number of nitrogens with zero attached hydrogens (tertiary/aromatic N) is 6. The number of rotatable bonds is 8.